The molecule has 7 nitrogen and oxygen atoms in total. The van der Waals surface area contributed by atoms with Crippen molar-refractivity contribution in [2.24, 2.45) is 4.99 Å². The first-order valence-corrected chi connectivity index (χ1v) is 11.5. The summed E-state index contributed by atoms with van der Waals surface area (Å²) in [6, 6.07) is 7.83. The van der Waals surface area contributed by atoms with Gasteiger partial charge in [-0.25, -0.2) is 0 Å². The van der Waals surface area contributed by atoms with Crippen molar-refractivity contribution in [2.75, 3.05) is 6.54 Å². The number of nitrogens with zero attached hydrogens (tertiary/aromatic N) is 3. The van der Waals surface area contributed by atoms with Gasteiger partial charge in [-0.15, -0.1) is 0 Å². The summed E-state index contributed by atoms with van der Waals surface area (Å²) < 4.78 is 45.5. The lowest BCUT2D eigenvalue weighted by Gasteiger charge is -2.48. The maximum atomic E-state index is 13.9. The van der Waals surface area contributed by atoms with E-state index in [0.29, 0.717) is 24.2 Å². The molecule has 2 heterocycles. The average Bonchev–Trinajstić information content (AvgIpc) is 3.10. The lowest BCUT2D eigenvalue weighted by molar-refractivity contribution is -0.162. The normalized spacial score (nSPS) is 19.3. The molecule has 0 saturated heterocycles. The van der Waals surface area contributed by atoms with E-state index in [9.17, 15) is 22.8 Å². The molecular formula is C25H27F3N4O3. The van der Waals surface area contributed by atoms with Crippen molar-refractivity contribution >= 4 is 17.5 Å². The number of carbonyl (C=O) groups is 2. The van der Waals surface area contributed by atoms with Crippen molar-refractivity contribution < 1.29 is 27.5 Å². The molecule has 1 aromatic heterocycles. The number of ether oxygens (including phenoxy) is 1. The third kappa shape index (κ3) is 5.01. The van der Waals surface area contributed by atoms with E-state index in [4.69, 9.17) is 9.73 Å². The molecule has 1 atom stereocenters. The third-order valence-corrected chi connectivity index (χ3v) is 6.39. The predicted octanol–water partition coefficient (Wildman–Crippen LogP) is 4.32. The van der Waals surface area contributed by atoms with Crippen LogP contribution in [0.25, 0.3) is 0 Å². The van der Waals surface area contributed by atoms with Gasteiger partial charge < -0.3 is 10.1 Å². The van der Waals surface area contributed by atoms with Gasteiger partial charge in [-0.1, -0.05) is 18.6 Å². The molecule has 35 heavy (non-hydrogen) atoms. The van der Waals surface area contributed by atoms with E-state index in [0.717, 1.165) is 31.4 Å². The Morgan fingerprint density at radius 2 is 1.83 bits per heavy atom. The first kappa shape index (κ1) is 24.7. The smallest absolute Gasteiger partial charge is 0.416 e. The van der Waals surface area contributed by atoms with Crippen LogP contribution in [0.4, 0.5) is 13.2 Å². The number of alkyl halides is 3. The van der Waals surface area contributed by atoms with Gasteiger partial charge in [-0.2, -0.15) is 13.2 Å². The summed E-state index contributed by atoms with van der Waals surface area (Å²) in [6.45, 7) is 3.06. The van der Waals surface area contributed by atoms with E-state index in [2.05, 4.69) is 10.3 Å². The number of carbonyl (C=O) groups excluding carboxylic acids is 2. The van der Waals surface area contributed by atoms with Crippen LogP contribution in [0.2, 0.25) is 0 Å². The number of benzene rings is 1. The number of nitrogens with one attached hydrogen (secondary N) is 1. The van der Waals surface area contributed by atoms with Crippen molar-refractivity contribution in [1.29, 1.82) is 0 Å². The van der Waals surface area contributed by atoms with Crippen molar-refractivity contribution in [3.63, 3.8) is 0 Å². The number of rotatable bonds is 6. The van der Waals surface area contributed by atoms with Crippen molar-refractivity contribution in [2.45, 2.75) is 63.5 Å². The van der Waals surface area contributed by atoms with Gasteiger partial charge in [0.15, 0.2) is 0 Å². The minimum Gasteiger partial charge on any atom is -0.465 e. The van der Waals surface area contributed by atoms with Crippen molar-refractivity contribution in [1.82, 2.24) is 15.2 Å². The number of amides is 2. The Bertz CT molecular complexity index is 1110. The van der Waals surface area contributed by atoms with Gasteiger partial charge in [0.1, 0.15) is 17.1 Å². The molecule has 2 aromatic rings. The van der Waals surface area contributed by atoms with Gasteiger partial charge in [-0.05, 0) is 56.9 Å². The van der Waals surface area contributed by atoms with Gasteiger partial charge in [0.05, 0.1) is 18.3 Å². The Morgan fingerprint density at radius 3 is 2.40 bits per heavy atom. The third-order valence-electron chi connectivity index (χ3n) is 6.39. The molecule has 0 radical (unpaired) electrons. The number of halogens is 3. The second kappa shape index (κ2) is 9.31. The van der Waals surface area contributed by atoms with Crippen molar-refractivity contribution in [3.8, 4) is 5.75 Å². The quantitative estimate of drug-likeness (QED) is 0.656. The molecule has 1 fully saturated rings. The second-order valence-corrected chi connectivity index (χ2v) is 9.09. The van der Waals surface area contributed by atoms with Gasteiger partial charge in [0, 0.05) is 18.7 Å². The minimum atomic E-state index is -4.48. The predicted molar refractivity (Wildman–Crippen MR) is 123 cm³/mol. The van der Waals surface area contributed by atoms with E-state index in [1.165, 1.54) is 25.3 Å². The van der Waals surface area contributed by atoms with E-state index >= 15 is 0 Å². The van der Waals surface area contributed by atoms with Crippen LogP contribution in [0.3, 0.4) is 0 Å². The maximum Gasteiger partial charge on any atom is 0.416 e. The SMILES string of the molecule is CC(=O)NCC(C)(Oc1cccnc1)N1C(=O)C(c2ccc(C(F)(F)F)cc2)=NC12CCCCC2. The first-order chi connectivity index (χ1) is 16.5. The summed E-state index contributed by atoms with van der Waals surface area (Å²) in [7, 11) is 0. The van der Waals surface area contributed by atoms with E-state index in [1.54, 1.807) is 30.2 Å². The zero-order valence-electron chi connectivity index (χ0n) is 19.6. The lowest BCUT2D eigenvalue weighted by Crippen LogP contribution is -2.66. The van der Waals surface area contributed by atoms with Crippen LogP contribution in [-0.2, 0) is 15.8 Å². The van der Waals surface area contributed by atoms with Crippen LogP contribution in [0.15, 0.2) is 53.8 Å². The summed E-state index contributed by atoms with van der Waals surface area (Å²) >= 11 is 0. The van der Waals surface area contributed by atoms with Crippen LogP contribution in [0.5, 0.6) is 5.75 Å². The van der Waals surface area contributed by atoms with Crippen LogP contribution >= 0.6 is 0 Å². The Labute approximate surface area is 201 Å². The number of pyridine rings is 1. The molecule has 0 bridgehead atoms. The highest BCUT2D eigenvalue weighted by atomic mass is 19.4. The highest BCUT2D eigenvalue weighted by molar-refractivity contribution is 6.46. The number of hydrogen-bond acceptors (Lipinski definition) is 5. The molecule has 1 aliphatic heterocycles. The van der Waals surface area contributed by atoms with E-state index in [-0.39, 0.29) is 18.2 Å². The number of aromatic nitrogens is 1. The summed E-state index contributed by atoms with van der Waals surface area (Å²) in [5.74, 6) is -0.343. The molecule has 1 saturated carbocycles. The zero-order chi connectivity index (χ0) is 25.3. The number of aliphatic imine (C=N–C) groups is 1. The molecular weight excluding hydrogens is 461 g/mol. The molecule has 1 aromatic carbocycles. The van der Waals surface area contributed by atoms with Crippen LogP contribution in [-0.4, -0.2) is 45.3 Å². The van der Waals surface area contributed by atoms with E-state index < -0.39 is 29.0 Å². The van der Waals surface area contributed by atoms with E-state index in [1.807, 2.05) is 0 Å². The lowest BCUT2D eigenvalue weighted by atomic mass is 9.87. The maximum absolute atomic E-state index is 13.9. The topological polar surface area (TPSA) is 83.9 Å². The summed E-state index contributed by atoms with van der Waals surface area (Å²) in [5.41, 5.74) is -2.67. The summed E-state index contributed by atoms with van der Waals surface area (Å²) in [6.07, 6.45) is 2.42. The van der Waals surface area contributed by atoms with Gasteiger partial charge in [0.25, 0.3) is 5.91 Å². The van der Waals surface area contributed by atoms with Crippen LogP contribution in [0, 0.1) is 0 Å². The molecule has 2 aliphatic rings. The standard InChI is InChI=1S/C25H27F3N4O3/c1-17(33)30-16-23(2,35-20-7-6-14-29-15-20)32-22(34)21(31-24(32)12-4-3-5-13-24)18-8-10-19(11-9-18)25(26,27)28/h6-11,14-15H,3-5,12-13,16H2,1-2H3,(H,30,33). The second-order valence-electron chi connectivity index (χ2n) is 9.09. The van der Waals surface area contributed by atoms with Crippen molar-refractivity contribution in [3.05, 3.63) is 59.9 Å². The fourth-order valence-electron chi connectivity index (χ4n) is 4.83. The highest BCUT2D eigenvalue weighted by Crippen LogP contribution is 2.44. The fraction of sp³-hybridized carbons (Fsp3) is 0.440. The fourth-order valence-corrected chi connectivity index (χ4v) is 4.83. The largest absolute Gasteiger partial charge is 0.465 e. The summed E-state index contributed by atoms with van der Waals surface area (Å²) in [5, 5.41) is 2.75. The minimum absolute atomic E-state index is 0.0134. The Kier molecular flexibility index (Phi) is 6.57. The first-order valence-electron chi connectivity index (χ1n) is 11.5. The van der Waals surface area contributed by atoms with Crippen LogP contribution < -0.4 is 10.1 Å². The van der Waals surface area contributed by atoms with Gasteiger partial charge in [0.2, 0.25) is 11.6 Å². The molecule has 1 spiro atoms. The van der Waals surface area contributed by atoms with Gasteiger partial charge in [-0.3, -0.25) is 24.5 Å². The molecule has 1 N–H and O–H groups in total. The Hall–Kier alpha value is -3.43. The molecule has 4 rings (SSSR count). The monoisotopic (exact) mass is 488 g/mol. The Balaban J connectivity index is 1.76. The average molecular weight is 489 g/mol. The molecule has 186 valence electrons. The Morgan fingerprint density at radius 1 is 1.14 bits per heavy atom. The molecule has 1 aliphatic carbocycles. The van der Waals surface area contributed by atoms with Crippen LogP contribution in [0.1, 0.15) is 57.1 Å². The molecule has 1 unspecified atom stereocenters. The highest BCUT2D eigenvalue weighted by Gasteiger charge is 2.56. The molecule has 2 amide bonds. The summed E-state index contributed by atoms with van der Waals surface area (Å²) in [4.78, 5) is 36.2. The number of hydrogen-bond donors (Lipinski definition) is 1. The zero-order valence-corrected chi connectivity index (χ0v) is 19.6. The van der Waals surface area contributed by atoms with Gasteiger partial charge >= 0.3 is 6.18 Å². The molecule has 10 heteroatoms.